The van der Waals surface area contributed by atoms with Gasteiger partial charge in [-0.2, -0.15) is 0 Å². The number of aryl methyl sites for hydroxylation is 2. The lowest BCUT2D eigenvalue weighted by atomic mass is 10.00. The molecular weight excluding hydrogens is 386 g/mol. The highest BCUT2D eigenvalue weighted by molar-refractivity contribution is 7.14. The topological polar surface area (TPSA) is 87.3 Å². The summed E-state index contributed by atoms with van der Waals surface area (Å²) in [6.07, 6.45) is 8.77. The lowest BCUT2D eigenvalue weighted by Crippen LogP contribution is -2.41. The number of nitrogens with one attached hydrogen (secondary N) is 3. The quantitative estimate of drug-likeness (QED) is 0.668. The third kappa shape index (κ3) is 5.03. The molecular formula is C22H25N3O3S. The van der Waals surface area contributed by atoms with Gasteiger partial charge in [0, 0.05) is 22.0 Å². The van der Waals surface area contributed by atoms with E-state index in [1.807, 2.05) is 6.07 Å². The summed E-state index contributed by atoms with van der Waals surface area (Å²) in [5.74, 6) is -0.527. The zero-order valence-electron chi connectivity index (χ0n) is 16.3. The fourth-order valence-electron chi connectivity index (χ4n) is 3.50. The van der Waals surface area contributed by atoms with Gasteiger partial charge in [0.25, 0.3) is 11.8 Å². The summed E-state index contributed by atoms with van der Waals surface area (Å²) in [5.41, 5.74) is 7.33. The van der Waals surface area contributed by atoms with Gasteiger partial charge in [0.1, 0.15) is 0 Å². The van der Waals surface area contributed by atoms with Crippen LogP contribution in [0.3, 0.4) is 0 Å². The molecule has 2 aromatic rings. The maximum Gasteiger partial charge on any atom is 0.279 e. The number of anilines is 1. The zero-order valence-corrected chi connectivity index (χ0v) is 17.1. The van der Waals surface area contributed by atoms with E-state index in [4.69, 9.17) is 0 Å². The minimum atomic E-state index is -0.395. The smallest absolute Gasteiger partial charge is 0.279 e. The SMILES string of the molecule is O=C(NNC(=O)c1cc2c(s1)CCCCCC2)c1ccc(NC(=O)C2CC2)cc1. The Morgan fingerprint density at radius 3 is 2.28 bits per heavy atom. The second-order valence-electron chi connectivity index (χ2n) is 7.72. The number of hydrazine groups is 1. The first-order valence-corrected chi connectivity index (χ1v) is 11.0. The van der Waals surface area contributed by atoms with E-state index in [0.717, 1.165) is 25.7 Å². The summed E-state index contributed by atoms with van der Waals surface area (Å²) in [6, 6.07) is 8.60. The fourth-order valence-corrected chi connectivity index (χ4v) is 4.65. The van der Waals surface area contributed by atoms with Crippen LogP contribution >= 0.6 is 11.3 Å². The number of benzene rings is 1. The van der Waals surface area contributed by atoms with Crippen LogP contribution in [0, 0.1) is 5.92 Å². The van der Waals surface area contributed by atoms with E-state index in [9.17, 15) is 14.4 Å². The molecule has 0 saturated heterocycles. The first kappa shape index (κ1) is 19.6. The van der Waals surface area contributed by atoms with Gasteiger partial charge >= 0.3 is 0 Å². The van der Waals surface area contributed by atoms with Gasteiger partial charge in [-0.1, -0.05) is 12.8 Å². The monoisotopic (exact) mass is 411 g/mol. The second-order valence-corrected chi connectivity index (χ2v) is 8.86. The van der Waals surface area contributed by atoms with Crippen molar-refractivity contribution in [2.75, 3.05) is 5.32 Å². The Morgan fingerprint density at radius 2 is 1.55 bits per heavy atom. The van der Waals surface area contributed by atoms with E-state index in [1.165, 1.54) is 47.5 Å². The summed E-state index contributed by atoms with van der Waals surface area (Å²) in [7, 11) is 0. The fraction of sp³-hybridized carbons (Fsp3) is 0.409. The van der Waals surface area contributed by atoms with Gasteiger partial charge in [-0.15, -0.1) is 11.3 Å². The lowest BCUT2D eigenvalue weighted by Gasteiger charge is -2.08. The van der Waals surface area contributed by atoms with Gasteiger partial charge < -0.3 is 5.32 Å². The highest BCUT2D eigenvalue weighted by Crippen LogP contribution is 2.30. The number of fused-ring (bicyclic) bond motifs is 1. The summed E-state index contributed by atoms with van der Waals surface area (Å²) < 4.78 is 0. The van der Waals surface area contributed by atoms with Crippen molar-refractivity contribution in [1.29, 1.82) is 0 Å². The molecule has 0 unspecified atom stereocenters. The van der Waals surface area contributed by atoms with Gasteiger partial charge in [-0.05, 0) is 74.4 Å². The molecule has 3 amide bonds. The molecule has 3 N–H and O–H groups in total. The molecule has 0 spiro atoms. The van der Waals surface area contributed by atoms with Crippen molar-refractivity contribution in [3.8, 4) is 0 Å². The highest BCUT2D eigenvalue weighted by Gasteiger charge is 2.29. The van der Waals surface area contributed by atoms with E-state index in [2.05, 4.69) is 16.2 Å². The third-order valence-electron chi connectivity index (χ3n) is 5.37. The minimum Gasteiger partial charge on any atom is -0.326 e. The molecule has 6 nitrogen and oxygen atoms in total. The molecule has 0 aliphatic heterocycles. The van der Waals surface area contributed by atoms with Gasteiger partial charge in [0.15, 0.2) is 0 Å². The van der Waals surface area contributed by atoms with Gasteiger partial charge in [-0.3, -0.25) is 25.2 Å². The number of thiophene rings is 1. The Kier molecular flexibility index (Phi) is 5.94. The molecule has 29 heavy (non-hydrogen) atoms. The average molecular weight is 412 g/mol. The van der Waals surface area contributed by atoms with Crippen molar-refractivity contribution < 1.29 is 14.4 Å². The van der Waals surface area contributed by atoms with Gasteiger partial charge in [-0.25, -0.2) is 0 Å². The number of hydrogen-bond acceptors (Lipinski definition) is 4. The third-order valence-corrected chi connectivity index (χ3v) is 6.61. The molecule has 4 rings (SSSR count). The second kappa shape index (κ2) is 8.78. The van der Waals surface area contributed by atoms with Crippen LogP contribution in [-0.2, 0) is 17.6 Å². The molecule has 0 radical (unpaired) electrons. The van der Waals surface area contributed by atoms with Gasteiger partial charge in [0.2, 0.25) is 5.91 Å². The van der Waals surface area contributed by atoms with E-state index < -0.39 is 5.91 Å². The summed E-state index contributed by atoms with van der Waals surface area (Å²) in [4.78, 5) is 38.5. The Hall–Kier alpha value is -2.67. The van der Waals surface area contributed by atoms with E-state index >= 15 is 0 Å². The Labute approximate surface area is 174 Å². The van der Waals surface area contributed by atoms with Crippen molar-refractivity contribution in [3.63, 3.8) is 0 Å². The largest absolute Gasteiger partial charge is 0.326 e. The number of amides is 3. The van der Waals surface area contributed by atoms with E-state index in [0.29, 0.717) is 16.1 Å². The number of rotatable bonds is 4. The normalized spacial score (nSPS) is 16.1. The zero-order chi connectivity index (χ0) is 20.2. The van der Waals surface area contributed by atoms with Crippen molar-refractivity contribution >= 4 is 34.7 Å². The van der Waals surface area contributed by atoms with Crippen LogP contribution in [-0.4, -0.2) is 17.7 Å². The Bertz CT molecular complexity index is 890. The molecule has 0 bridgehead atoms. The molecule has 1 fully saturated rings. The van der Waals surface area contributed by atoms with Crippen LogP contribution < -0.4 is 16.2 Å². The molecule has 152 valence electrons. The number of hydrogen-bond donors (Lipinski definition) is 3. The molecule has 0 atom stereocenters. The van der Waals surface area contributed by atoms with E-state index in [1.54, 1.807) is 24.3 Å². The Balaban J connectivity index is 1.31. The first-order valence-electron chi connectivity index (χ1n) is 10.2. The van der Waals surface area contributed by atoms with Crippen LogP contribution in [0.2, 0.25) is 0 Å². The minimum absolute atomic E-state index is 0.0273. The van der Waals surface area contributed by atoms with Crippen molar-refractivity contribution in [2.24, 2.45) is 5.92 Å². The van der Waals surface area contributed by atoms with Crippen LogP contribution in [0.5, 0.6) is 0 Å². The van der Waals surface area contributed by atoms with Gasteiger partial charge in [0.05, 0.1) is 4.88 Å². The molecule has 1 aromatic carbocycles. The molecule has 1 saturated carbocycles. The predicted octanol–water partition coefficient (Wildman–Crippen LogP) is 3.83. The number of carbonyl (C=O) groups is 3. The molecule has 1 heterocycles. The van der Waals surface area contributed by atoms with Crippen LogP contribution in [0.4, 0.5) is 5.69 Å². The predicted molar refractivity (Wildman–Crippen MR) is 113 cm³/mol. The standard InChI is InChI=1S/C22H25N3O3S/c26-20(14-7-8-14)23-17-11-9-15(10-12-17)21(27)24-25-22(28)19-13-16-5-3-1-2-4-6-18(16)29-19/h9-14H,1-8H2,(H,23,26)(H,24,27)(H,25,28). The Morgan fingerprint density at radius 1 is 0.862 bits per heavy atom. The molecule has 7 heteroatoms. The maximum atomic E-state index is 12.5. The van der Waals surface area contributed by atoms with Crippen LogP contribution in [0.25, 0.3) is 0 Å². The van der Waals surface area contributed by atoms with Crippen LogP contribution in [0.1, 0.15) is 69.0 Å². The van der Waals surface area contributed by atoms with E-state index in [-0.39, 0.29) is 17.7 Å². The van der Waals surface area contributed by atoms with Crippen molar-refractivity contribution in [1.82, 2.24) is 10.9 Å². The van der Waals surface area contributed by atoms with Crippen LogP contribution in [0.15, 0.2) is 30.3 Å². The first-order chi connectivity index (χ1) is 14.1. The summed E-state index contributed by atoms with van der Waals surface area (Å²) >= 11 is 1.52. The van der Waals surface area contributed by atoms with Crippen molar-refractivity contribution in [3.05, 3.63) is 51.2 Å². The summed E-state index contributed by atoms with van der Waals surface area (Å²) in [6.45, 7) is 0. The number of carbonyl (C=O) groups excluding carboxylic acids is 3. The molecule has 2 aliphatic carbocycles. The molecule has 2 aliphatic rings. The highest BCUT2D eigenvalue weighted by atomic mass is 32.1. The molecule has 1 aromatic heterocycles. The van der Waals surface area contributed by atoms with Crippen molar-refractivity contribution in [2.45, 2.75) is 51.4 Å². The summed E-state index contributed by atoms with van der Waals surface area (Å²) in [5, 5.41) is 2.84. The lowest BCUT2D eigenvalue weighted by molar-refractivity contribution is -0.117. The maximum absolute atomic E-state index is 12.5. The average Bonchev–Trinajstić information content (AvgIpc) is 3.49.